The first-order valence-electron chi connectivity index (χ1n) is 5.23. The Bertz CT molecular complexity index is 572. The predicted molar refractivity (Wildman–Crippen MR) is 69.7 cm³/mol. The summed E-state index contributed by atoms with van der Waals surface area (Å²) in [5.41, 5.74) is 0.560. The van der Waals surface area contributed by atoms with E-state index in [1.54, 1.807) is 18.2 Å². The Labute approximate surface area is 112 Å². The molecule has 0 unspecified atom stereocenters. The molecule has 1 N–H and O–H groups in total. The van der Waals surface area contributed by atoms with Crippen LogP contribution in [0.25, 0.3) is 0 Å². The highest BCUT2D eigenvalue weighted by molar-refractivity contribution is 9.10. The zero-order valence-electron chi connectivity index (χ0n) is 9.34. The van der Waals surface area contributed by atoms with Gasteiger partial charge < -0.3 is 9.84 Å². The molecule has 0 bridgehead atoms. The van der Waals surface area contributed by atoms with Gasteiger partial charge in [-0.05, 0) is 34.1 Å². The maximum Gasteiger partial charge on any atom is 0.354 e. The number of aromatic carboxylic acids is 1. The Morgan fingerprint density at radius 1 is 1.28 bits per heavy atom. The van der Waals surface area contributed by atoms with Crippen molar-refractivity contribution in [2.24, 2.45) is 0 Å². The minimum Gasteiger partial charge on any atom is -0.488 e. The minimum absolute atomic E-state index is 0.0181. The van der Waals surface area contributed by atoms with E-state index in [0.717, 1.165) is 4.47 Å². The number of benzene rings is 1. The van der Waals surface area contributed by atoms with Gasteiger partial charge in [0.2, 0.25) is 0 Å². The summed E-state index contributed by atoms with van der Waals surface area (Å²) in [6.07, 6.45) is 1.45. The van der Waals surface area contributed by atoms with Gasteiger partial charge in [0, 0.05) is 11.8 Å². The van der Waals surface area contributed by atoms with Gasteiger partial charge in [-0.25, -0.2) is 9.78 Å². The van der Waals surface area contributed by atoms with E-state index in [1.165, 1.54) is 6.20 Å². The van der Waals surface area contributed by atoms with Crippen molar-refractivity contribution in [3.63, 3.8) is 0 Å². The van der Waals surface area contributed by atoms with Crippen LogP contribution in [0.2, 0.25) is 0 Å². The van der Waals surface area contributed by atoms with E-state index < -0.39 is 5.97 Å². The molecule has 0 atom stereocenters. The zero-order chi connectivity index (χ0) is 13.0. The average molecular weight is 308 g/mol. The van der Waals surface area contributed by atoms with Gasteiger partial charge in [-0.15, -0.1) is 0 Å². The van der Waals surface area contributed by atoms with E-state index in [9.17, 15) is 4.79 Å². The van der Waals surface area contributed by atoms with Crippen LogP contribution in [0, 0.1) is 0 Å². The highest BCUT2D eigenvalue weighted by Gasteiger charge is 2.11. The van der Waals surface area contributed by atoms with Crippen molar-refractivity contribution in [2.75, 3.05) is 0 Å². The van der Waals surface area contributed by atoms with E-state index in [4.69, 9.17) is 9.84 Å². The molecular weight excluding hydrogens is 298 g/mol. The Hall–Kier alpha value is -1.88. The minimum atomic E-state index is -1.05. The molecule has 0 aliphatic rings. The third-order valence-corrected chi connectivity index (χ3v) is 2.97. The Kier molecular flexibility index (Phi) is 3.94. The summed E-state index contributed by atoms with van der Waals surface area (Å²) in [4.78, 5) is 14.8. The van der Waals surface area contributed by atoms with Gasteiger partial charge in [-0.3, -0.25) is 0 Å². The number of ether oxygens (including phenoxy) is 1. The zero-order valence-corrected chi connectivity index (χ0v) is 10.9. The summed E-state index contributed by atoms with van der Waals surface area (Å²) >= 11 is 3.36. The van der Waals surface area contributed by atoms with E-state index in [-0.39, 0.29) is 12.3 Å². The van der Waals surface area contributed by atoms with Crippen LogP contribution in [-0.2, 0) is 6.61 Å². The molecule has 1 heterocycles. The second-order valence-electron chi connectivity index (χ2n) is 3.54. The van der Waals surface area contributed by atoms with Crippen LogP contribution in [0.1, 0.15) is 16.1 Å². The molecule has 18 heavy (non-hydrogen) atoms. The maximum atomic E-state index is 11.0. The lowest BCUT2D eigenvalue weighted by Crippen LogP contribution is -2.07. The van der Waals surface area contributed by atoms with Gasteiger partial charge in [0.1, 0.15) is 12.4 Å². The van der Waals surface area contributed by atoms with Crippen LogP contribution < -0.4 is 4.74 Å². The first kappa shape index (κ1) is 12.6. The van der Waals surface area contributed by atoms with Gasteiger partial charge in [0.05, 0.1) is 4.47 Å². The molecule has 0 saturated heterocycles. The molecule has 0 spiro atoms. The van der Waals surface area contributed by atoms with E-state index in [2.05, 4.69) is 20.9 Å². The van der Waals surface area contributed by atoms with Gasteiger partial charge >= 0.3 is 5.97 Å². The lowest BCUT2D eigenvalue weighted by atomic mass is 10.2. The summed E-state index contributed by atoms with van der Waals surface area (Å²) in [5.74, 6) is -0.390. The van der Waals surface area contributed by atoms with Crippen molar-refractivity contribution in [1.82, 2.24) is 4.98 Å². The number of nitrogens with zero attached hydrogens (tertiary/aromatic N) is 1. The predicted octanol–water partition coefficient (Wildman–Crippen LogP) is 3.12. The topological polar surface area (TPSA) is 59.4 Å². The number of para-hydroxylation sites is 1. The SMILES string of the molecule is O=C(O)c1ncccc1COc1ccccc1Br. The van der Waals surface area contributed by atoms with Crippen LogP contribution >= 0.6 is 15.9 Å². The van der Waals surface area contributed by atoms with Crippen LogP contribution in [0.5, 0.6) is 5.75 Å². The molecule has 0 aliphatic carbocycles. The number of carbonyl (C=O) groups is 1. The van der Waals surface area contributed by atoms with E-state index in [0.29, 0.717) is 11.3 Å². The van der Waals surface area contributed by atoms with Gasteiger partial charge in [0.15, 0.2) is 5.69 Å². The number of pyridine rings is 1. The van der Waals surface area contributed by atoms with E-state index in [1.807, 2.05) is 18.2 Å². The van der Waals surface area contributed by atoms with Crippen LogP contribution in [0.3, 0.4) is 0 Å². The van der Waals surface area contributed by atoms with Crippen LogP contribution in [0.4, 0.5) is 0 Å². The largest absolute Gasteiger partial charge is 0.488 e. The molecule has 2 aromatic rings. The van der Waals surface area contributed by atoms with Crippen molar-refractivity contribution < 1.29 is 14.6 Å². The molecule has 0 fully saturated rings. The third-order valence-electron chi connectivity index (χ3n) is 2.31. The van der Waals surface area contributed by atoms with Crippen LogP contribution in [0.15, 0.2) is 47.1 Å². The average Bonchev–Trinajstić information content (AvgIpc) is 2.38. The lowest BCUT2D eigenvalue weighted by molar-refractivity contribution is 0.0687. The molecule has 5 heteroatoms. The van der Waals surface area contributed by atoms with Crippen molar-refractivity contribution in [3.05, 3.63) is 58.3 Å². The Balaban J connectivity index is 2.16. The molecule has 0 saturated carbocycles. The quantitative estimate of drug-likeness (QED) is 0.943. The molecule has 0 aliphatic heterocycles. The molecule has 92 valence electrons. The maximum absolute atomic E-state index is 11.0. The Morgan fingerprint density at radius 3 is 2.78 bits per heavy atom. The molecule has 4 nitrogen and oxygen atoms in total. The molecular formula is C13H10BrNO3. The number of hydrogen-bond donors (Lipinski definition) is 1. The summed E-state index contributed by atoms with van der Waals surface area (Å²) in [7, 11) is 0. The monoisotopic (exact) mass is 307 g/mol. The second kappa shape index (κ2) is 5.64. The highest BCUT2D eigenvalue weighted by atomic mass is 79.9. The summed E-state index contributed by atoms with van der Waals surface area (Å²) in [6.45, 7) is 0.165. The van der Waals surface area contributed by atoms with Crippen LogP contribution in [-0.4, -0.2) is 16.1 Å². The molecule has 1 aromatic heterocycles. The summed E-state index contributed by atoms with van der Waals surface area (Å²) in [5, 5.41) is 8.99. The van der Waals surface area contributed by atoms with Crippen molar-refractivity contribution in [3.8, 4) is 5.75 Å². The van der Waals surface area contributed by atoms with E-state index >= 15 is 0 Å². The number of hydrogen-bond acceptors (Lipinski definition) is 3. The molecule has 1 aromatic carbocycles. The van der Waals surface area contributed by atoms with Crippen molar-refractivity contribution >= 4 is 21.9 Å². The summed E-state index contributed by atoms with van der Waals surface area (Å²) in [6, 6.07) is 10.8. The number of rotatable bonds is 4. The molecule has 0 radical (unpaired) electrons. The smallest absolute Gasteiger partial charge is 0.354 e. The number of aromatic nitrogens is 1. The first-order valence-corrected chi connectivity index (χ1v) is 6.02. The number of carboxylic acid groups (broad SMARTS) is 1. The van der Waals surface area contributed by atoms with Crippen molar-refractivity contribution in [1.29, 1.82) is 0 Å². The molecule has 0 amide bonds. The van der Waals surface area contributed by atoms with Gasteiger partial charge in [-0.2, -0.15) is 0 Å². The lowest BCUT2D eigenvalue weighted by Gasteiger charge is -2.09. The van der Waals surface area contributed by atoms with Crippen molar-refractivity contribution in [2.45, 2.75) is 6.61 Å². The van der Waals surface area contributed by atoms with Gasteiger partial charge in [-0.1, -0.05) is 18.2 Å². The summed E-state index contributed by atoms with van der Waals surface area (Å²) < 4.78 is 6.39. The number of carboxylic acids is 1. The fraction of sp³-hybridized carbons (Fsp3) is 0.0769. The standard InChI is InChI=1S/C13H10BrNO3/c14-10-5-1-2-6-11(10)18-8-9-4-3-7-15-12(9)13(16)17/h1-7H,8H2,(H,16,17). The normalized spacial score (nSPS) is 10.1. The first-order chi connectivity index (χ1) is 8.68. The van der Waals surface area contributed by atoms with Gasteiger partial charge in [0.25, 0.3) is 0 Å². The molecule has 2 rings (SSSR count). The fourth-order valence-electron chi connectivity index (χ4n) is 1.46. The highest BCUT2D eigenvalue weighted by Crippen LogP contribution is 2.24. The Morgan fingerprint density at radius 2 is 2.06 bits per heavy atom. The third kappa shape index (κ3) is 2.87. The number of halogens is 1. The fourth-order valence-corrected chi connectivity index (χ4v) is 1.86. The second-order valence-corrected chi connectivity index (χ2v) is 4.39.